The Hall–Kier alpha value is -0.570. The predicted molar refractivity (Wildman–Crippen MR) is 78.7 cm³/mol. The SMILES string of the molecule is CC(N)CCCC(C)C(=O)OC1CCC(C)C(C)C1. The van der Waals surface area contributed by atoms with Crippen molar-refractivity contribution in [3.05, 3.63) is 0 Å². The van der Waals surface area contributed by atoms with Crippen molar-refractivity contribution < 1.29 is 9.53 Å². The summed E-state index contributed by atoms with van der Waals surface area (Å²) in [5.41, 5.74) is 5.72. The van der Waals surface area contributed by atoms with Crippen molar-refractivity contribution in [2.45, 2.75) is 78.4 Å². The molecule has 0 amide bonds. The quantitative estimate of drug-likeness (QED) is 0.751. The van der Waals surface area contributed by atoms with Gasteiger partial charge < -0.3 is 10.5 Å². The minimum Gasteiger partial charge on any atom is -0.462 e. The molecular weight excluding hydrogens is 238 g/mol. The van der Waals surface area contributed by atoms with E-state index in [-0.39, 0.29) is 24.0 Å². The molecule has 3 heteroatoms. The van der Waals surface area contributed by atoms with Crippen LogP contribution in [0.2, 0.25) is 0 Å². The lowest BCUT2D eigenvalue weighted by Crippen LogP contribution is -2.30. The molecule has 3 nitrogen and oxygen atoms in total. The van der Waals surface area contributed by atoms with Crippen molar-refractivity contribution in [3.63, 3.8) is 0 Å². The lowest BCUT2D eigenvalue weighted by molar-refractivity contribution is -0.156. The maximum Gasteiger partial charge on any atom is 0.308 e. The Morgan fingerprint density at radius 2 is 1.89 bits per heavy atom. The zero-order valence-corrected chi connectivity index (χ0v) is 13.0. The molecule has 0 aromatic rings. The first-order valence-corrected chi connectivity index (χ1v) is 7.86. The van der Waals surface area contributed by atoms with Crippen LogP contribution in [0.5, 0.6) is 0 Å². The molecule has 1 fully saturated rings. The van der Waals surface area contributed by atoms with Crippen LogP contribution < -0.4 is 5.73 Å². The fourth-order valence-electron chi connectivity index (χ4n) is 2.75. The van der Waals surface area contributed by atoms with Gasteiger partial charge in [0.05, 0.1) is 5.92 Å². The molecule has 0 aliphatic heterocycles. The van der Waals surface area contributed by atoms with E-state index < -0.39 is 0 Å². The van der Waals surface area contributed by atoms with Gasteiger partial charge in [0.2, 0.25) is 0 Å². The molecule has 0 saturated heterocycles. The molecule has 0 spiro atoms. The van der Waals surface area contributed by atoms with Crippen molar-refractivity contribution >= 4 is 5.97 Å². The molecule has 5 atom stereocenters. The number of carbonyl (C=O) groups excluding carboxylic acids is 1. The Bertz CT molecular complexity index is 278. The third-order valence-electron chi connectivity index (χ3n) is 4.53. The Labute approximate surface area is 118 Å². The number of hydrogen-bond donors (Lipinski definition) is 1. The average Bonchev–Trinajstić information content (AvgIpc) is 2.33. The third-order valence-corrected chi connectivity index (χ3v) is 4.53. The highest BCUT2D eigenvalue weighted by Crippen LogP contribution is 2.31. The Morgan fingerprint density at radius 1 is 1.21 bits per heavy atom. The van der Waals surface area contributed by atoms with Crippen LogP contribution in [-0.2, 0) is 9.53 Å². The number of esters is 1. The summed E-state index contributed by atoms with van der Waals surface area (Å²) in [6.45, 7) is 8.53. The predicted octanol–water partition coefficient (Wildman–Crippen LogP) is 3.51. The van der Waals surface area contributed by atoms with Crippen LogP contribution in [0.25, 0.3) is 0 Å². The van der Waals surface area contributed by atoms with Gasteiger partial charge in [-0.05, 0) is 50.9 Å². The Balaban J connectivity index is 2.26. The van der Waals surface area contributed by atoms with Crippen LogP contribution >= 0.6 is 0 Å². The summed E-state index contributed by atoms with van der Waals surface area (Å²) in [5, 5.41) is 0. The molecule has 112 valence electrons. The Morgan fingerprint density at radius 3 is 2.47 bits per heavy atom. The van der Waals surface area contributed by atoms with Crippen LogP contribution in [0.1, 0.15) is 66.2 Å². The normalized spacial score (nSPS) is 30.7. The summed E-state index contributed by atoms with van der Waals surface area (Å²) in [7, 11) is 0. The molecule has 1 aliphatic rings. The van der Waals surface area contributed by atoms with E-state index in [1.807, 2.05) is 13.8 Å². The number of hydrogen-bond acceptors (Lipinski definition) is 3. The van der Waals surface area contributed by atoms with Crippen molar-refractivity contribution in [1.29, 1.82) is 0 Å². The lowest BCUT2D eigenvalue weighted by atomic mass is 9.80. The van der Waals surface area contributed by atoms with Gasteiger partial charge in [-0.15, -0.1) is 0 Å². The summed E-state index contributed by atoms with van der Waals surface area (Å²) >= 11 is 0. The molecule has 1 saturated carbocycles. The van der Waals surface area contributed by atoms with E-state index in [0.717, 1.165) is 38.0 Å². The van der Waals surface area contributed by atoms with Crippen LogP contribution in [0.3, 0.4) is 0 Å². The smallest absolute Gasteiger partial charge is 0.308 e. The summed E-state index contributed by atoms with van der Waals surface area (Å²) in [6.07, 6.45) is 6.26. The van der Waals surface area contributed by atoms with Gasteiger partial charge in [0.25, 0.3) is 0 Å². The highest BCUT2D eigenvalue weighted by Gasteiger charge is 2.28. The molecule has 0 aromatic heterocycles. The Kier molecular flexibility index (Phi) is 6.84. The van der Waals surface area contributed by atoms with E-state index >= 15 is 0 Å². The van der Waals surface area contributed by atoms with E-state index in [1.54, 1.807) is 0 Å². The molecular formula is C16H31NO2. The first kappa shape index (κ1) is 16.5. The number of nitrogens with two attached hydrogens (primary N) is 1. The molecule has 0 heterocycles. The van der Waals surface area contributed by atoms with Gasteiger partial charge in [-0.1, -0.05) is 27.2 Å². The third kappa shape index (κ3) is 5.94. The van der Waals surface area contributed by atoms with Crippen molar-refractivity contribution in [1.82, 2.24) is 0 Å². The van der Waals surface area contributed by atoms with E-state index in [1.165, 1.54) is 6.42 Å². The van der Waals surface area contributed by atoms with Crippen LogP contribution in [0, 0.1) is 17.8 Å². The van der Waals surface area contributed by atoms with Gasteiger partial charge in [-0.25, -0.2) is 0 Å². The standard InChI is InChI=1S/C16H31NO2/c1-11-8-9-15(10-13(11)3)19-16(18)12(2)6-5-7-14(4)17/h11-15H,5-10,17H2,1-4H3. The second-order valence-corrected chi connectivity index (χ2v) is 6.64. The summed E-state index contributed by atoms with van der Waals surface area (Å²) in [6, 6.07) is 0.226. The fourth-order valence-corrected chi connectivity index (χ4v) is 2.75. The van der Waals surface area contributed by atoms with E-state index in [9.17, 15) is 4.79 Å². The largest absolute Gasteiger partial charge is 0.462 e. The topological polar surface area (TPSA) is 52.3 Å². The van der Waals surface area contributed by atoms with Crippen molar-refractivity contribution in [3.8, 4) is 0 Å². The minimum absolute atomic E-state index is 0.00778. The number of carbonyl (C=O) groups is 1. The van der Waals surface area contributed by atoms with E-state index in [2.05, 4.69) is 13.8 Å². The van der Waals surface area contributed by atoms with E-state index in [0.29, 0.717) is 5.92 Å². The summed E-state index contributed by atoms with van der Waals surface area (Å²) in [4.78, 5) is 12.0. The monoisotopic (exact) mass is 269 g/mol. The minimum atomic E-state index is -0.0172. The zero-order valence-electron chi connectivity index (χ0n) is 13.0. The second-order valence-electron chi connectivity index (χ2n) is 6.64. The van der Waals surface area contributed by atoms with Gasteiger partial charge >= 0.3 is 5.97 Å². The molecule has 0 radical (unpaired) electrons. The highest BCUT2D eigenvalue weighted by molar-refractivity contribution is 5.72. The molecule has 1 rings (SSSR count). The van der Waals surface area contributed by atoms with Crippen LogP contribution in [-0.4, -0.2) is 18.1 Å². The molecule has 0 aromatic carbocycles. The van der Waals surface area contributed by atoms with Gasteiger partial charge in [0.15, 0.2) is 0 Å². The lowest BCUT2D eigenvalue weighted by Gasteiger charge is -2.32. The van der Waals surface area contributed by atoms with Crippen LogP contribution in [0.4, 0.5) is 0 Å². The number of ether oxygens (including phenoxy) is 1. The maximum atomic E-state index is 12.0. The van der Waals surface area contributed by atoms with Gasteiger partial charge in [-0.2, -0.15) is 0 Å². The maximum absolute atomic E-state index is 12.0. The van der Waals surface area contributed by atoms with Crippen LogP contribution in [0.15, 0.2) is 0 Å². The fraction of sp³-hybridized carbons (Fsp3) is 0.938. The summed E-state index contributed by atoms with van der Waals surface area (Å²) < 4.78 is 5.66. The molecule has 2 N–H and O–H groups in total. The second kappa shape index (κ2) is 7.88. The molecule has 1 aliphatic carbocycles. The molecule has 19 heavy (non-hydrogen) atoms. The first-order chi connectivity index (χ1) is 8.90. The molecule has 5 unspecified atom stereocenters. The first-order valence-electron chi connectivity index (χ1n) is 7.86. The van der Waals surface area contributed by atoms with Crippen molar-refractivity contribution in [2.24, 2.45) is 23.5 Å². The average molecular weight is 269 g/mol. The van der Waals surface area contributed by atoms with Gasteiger partial charge in [-0.3, -0.25) is 4.79 Å². The summed E-state index contributed by atoms with van der Waals surface area (Å²) in [5.74, 6) is 1.42. The zero-order chi connectivity index (χ0) is 14.4. The molecule has 0 bridgehead atoms. The van der Waals surface area contributed by atoms with Crippen molar-refractivity contribution in [2.75, 3.05) is 0 Å². The van der Waals surface area contributed by atoms with Gasteiger partial charge in [0, 0.05) is 6.04 Å². The van der Waals surface area contributed by atoms with E-state index in [4.69, 9.17) is 10.5 Å². The highest BCUT2D eigenvalue weighted by atomic mass is 16.5. The van der Waals surface area contributed by atoms with Gasteiger partial charge in [0.1, 0.15) is 6.10 Å². The number of rotatable bonds is 6.